The van der Waals surface area contributed by atoms with E-state index in [0.717, 1.165) is 34.6 Å². The Bertz CT molecular complexity index is 1060. The highest BCUT2D eigenvalue weighted by atomic mass is 35.5. The number of carbonyl (C=O) groups is 1. The Balaban J connectivity index is 1.32. The second-order valence-corrected chi connectivity index (χ2v) is 7.90. The Kier molecular flexibility index (Phi) is 6.13. The maximum Gasteiger partial charge on any atom is 0.251 e. The van der Waals surface area contributed by atoms with Crippen molar-refractivity contribution in [2.75, 3.05) is 4.41 Å². The Morgan fingerprint density at radius 3 is 2.73 bits per heavy atom. The summed E-state index contributed by atoms with van der Waals surface area (Å²) in [6.45, 7) is 2.15. The Hall–Kier alpha value is -2.74. The summed E-state index contributed by atoms with van der Waals surface area (Å²) >= 11 is 7.40. The van der Waals surface area contributed by atoms with Gasteiger partial charge in [-0.2, -0.15) is 5.43 Å². The number of carbonyl (C=O) groups excluding carboxylic acids is 1. The van der Waals surface area contributed by atoms with Crippen molar-refractivity contribution >= 4 is 35.4 Å². The van der Waals surface area contributed by atoms with Gasteiger partial charge in [0.2, 0.25) is 0 Å². The quantitative estimate of drug-likeness (QED) is 0.235. The molecule has 154 valence electrons. The van der Waals surface area contributed by atoms with Crippen LogP contribution in [0.5, 0.6) is 5.75 Å². The number of rotatable bonds is 6. The zero-order valence-corrected chi connectivity index (χ0v) is 17.6. The first-order valence-corrected chi connectivity index (χ1v) is 10.4. The van der Waals surface area contributed by atoms with Gasteiger partial charge in [-0.05, 0) is 60.5 Å². The van der Waals surface area contributed by atoms with Crippen LogP contribution in [0.2, 0.25) is 0 Å². The number of para-hydroxylation sites is 1. The number of fused-ring (bicyclic) bond motifs is 1. The monoisotopic (exact) mass is 443 g/mol. The summed E-state index contributed by atoms with van der Waals surface area (Å²) in [6.07, 6.45) is 0. The average molecular weight is 444 g/mol. The number of halogens is 2. The second-order valence-electron chi connectivity index (χ2n) is 6.78. The number of nitrogens with one attached hydrogen (secondary N) is 2. The molecule has 5 nitrogen and oxygen atoms in total. The standard InChI is InChI=1S/C22H19ClFN3O2S/c1-14-12-17(24)9-6-16(14)13-25-22(28)15-7-10-18(11-8-15)29-30-27-20-5-3-2-4-19(20)21(23)26-27/h2-12,21,26H,13H2,1H3,(H,25,28). The average Bonchev–Trinajstić information content (AvgIpc) is 3.08. The van der Waals surface area contributed by atoms with E-state index >= 15 is 0 Å². The van der Waals surface area contributed by atoms with Crippen molar-refractivity contribution in [2.45, 2.75) is 19.0 Å². The Morgan fingerprint density at radius 2 is 1.97 bits per heavy atom. The molecule has 1 amide bonds. The number of benzene rings is 3. The fraction of sp³-hybridized carbons (Fsp3) is 0.136. The van der Waals surface area contributed by atoms with Gasteiger partial charge >= 0.3 is 0 Å². The molecule has 1 aliphatic heterocycles. The van der Waals surface area contributed by atoms with Crippen LogP contribution in [-0.2, 0) is 6.54 Å². The minimum absolute atomic E-state index is 0.210. The highest BCUT2D eigenvalue weighted by Crippen LogP contribution is 2.38. The molecular formula is C22H19ClFN3O2S. The molecule has 0 aliphatic carbocycles. The van der Waals surface area contributed by atoms with Crippen LogP contribution in [0.4, 0.5) is 10.1 Å². The molecule has 0 saturated carbocycles. The first-order valence-electron chi connectivity index (χ1n) is 9.28. The van der Waals surface area contributed by atoms with Crippen LogP contribution in [0, 0.1) is 12.7 Å². The summed E-state index contributed by atoms with van der Waals surface area (Å²) < 4.78 is 20.7. The summed E-state index contributed by atoms with van der Waals surface area (Å²) in [5, 5.41) is 2.85. The third-order valence-corrected chi connectivity index (χ3v) is 5.78. The summed E-state index contributed by atoms with van der Waals surface area (Å²) in [4.78, 5) is 12.4. The molecule has 0 radical (unpaired) electrons. The van der Waals surface area contributed by atoms with E-state index in [1.54, 1.807) is 34.7 Å². The summed E-state index contributed by atoms with van der Waals surface area (Å²) in [5.41, 5.74) is 6.90. The van der Waals surface area contributed by atoms with Crippen molar-refractivity contribution in [3.8, 4) is 5.75 Å². The molecule has 1 atom stereocenters. The molecule has 4 rings (SSSR count). The zero-order valence-electron chi connectivity index (χ0n) is 16.1. The van der Waals surface area contributed by atoms with Gasteiger partial charge in [-0.15, -0.1) is 0 Å². The lowest BCUT2D eigenvalue weighted by atomic mass is 10.1. The maximum atomic E-state index is 13.2. The lowest BCUT2D eigenvalue weighted by Crippen LogP contribution is -2.27. The fourth-order valence-electron chi connectivity index (χ4n) is 3.07. The topological polar surface area (TPSA) is 53.6 Å². The number of nitrogens with zero attached hydrogens (tertiary/aromatic N) is 1. The molecule has 0 saturated heterocycles. The van der Waals surface area contributed by atoms with Gasteiger partial charge in [0.05, 0.1) is 5.69 Å². The van der Waals surface area contributed by atoms with Gasteiger partial charge in [0.15, 0.2) is 12.2 Å². The minimum Gasteiger partial charge on any atom is -0.404 e. The van der Waals surface area contributed by atoms with Crippen molar-refractivity contribution in [3.63, 3.8) is 0 Å². The highest BCUT2D eigenvalue weighted by molar-refractivity contribution is 7.96. The van der Waals surface area contributed by atoms with E-state index in [1.807, 2.05) is 31.2 Å². The molecule has 0 spiro atoms. The van der Waals surface area contributed by atoms with Crippen molar-refractivity contribution < 1.29 is 13.4 Å². The number of hydrogen-bond acceptors (Lipinski definition) is 5. The van der Waals surface area contributed by atoms with E-state index < -0.39 is 0 Å². The van der Waals surface area contributed by atoms with Gasteiger partial charge in [0.25, 0.3) is 5.91 Å². The predicted octanol–water partition coefficient (Wildman–Crippen LogP) is 5.27. The molecule has 0 bridgehead atoms. The number of anilines is 1. The number of alkyl halides is 1. The summed E-state index contributed by atoms with van der Waals surface area (Å²) in [6, 6.07) is 19.1. The molecule has 1 heterocycles. The highest BCUT2D eigenvalue weighted by Gasteiger charge is 2.27. The second kappa shape index (κ2) is 8.95. The first kappa shape index (κ1) is 20.5. The van der Waals surface area contributed by atoms with Gasteiger partial charge in [-0.1, -0.05) is 35.9 Å². The summed E-state index contributed by atoms with van der Waals surface area (Å²) in [7, 11) is 0. The molecule has 2 N–H and O–H groups in total. The minimum atomic E-state index is -0.312. The van der Waals surface area contributed by atoms with Gasteiger partial charge in [-0.3, -0.25) is 4.79 Å². The van der Waals surface area contributed by atoms with Crippen LogP contribution in [-0.4, -0.2) is 5.91 Å². The van der Waals surface area contributed by atoms with E-state index in [0.29, 0.717) is 17.9 Å². The molecule has 0 aromatic heterocycles. The van der Waals surface area contributed by atoms with Crippen LogP contribution in [0.15, 0.2) is 66.7 Å². The third-order valence-electron chi connectivity index (χ3n) is 4.73. The fourth-order valence-corrected chi connectivity index (χ4v) is 4.07. The molecule has 1 unspecified atom stereocenters. The van der Waals surface area contributed by atoms with Gasteiger partial charge in [0, 0.05) is 17.7 Å². The lowest BCUT2D eigenvalue weighted by molar-refractivity contribution is 0.0951. The van der Waals surface area contributed by atoms with E-state index in [1.165, 1.54) is 12.1 Å². The van der Waals surface area contributed by atoms with Crippen molar-refractivity contribution in [1.82, 2.24) is 10.7 Å². The molecule has 0 fully saturated rings. The maximum absolute atomic E-state index is 13.2. The zero-order chi connectivity index (χ0) is 21.1. The predicted molar refractivity (Wildman–Crippen MR) is 118 cm³/mol. The molecule has 30 heavy (non-hydrogen) atoms. The van der Waals surface area contributed by atoms with Gasteiger partial charge in [0.1, 0.15) is 17.1 Å². The van der Waals surface area contributed by atoms with Gasteiger partial charge < -0.3 is 9.50 Å². The van der Waals surface area contributed by atoms with Crippen LogP contribution in [0.1, 0.15) is 32.5 Å². The lowest BCUT2D eigenvalue weighted by Gasteiger charge is -2.16. The Labute approximate surface area is 183 Å². The summed E-state index contributed by atoms with van der Waals surface area (Å²) in [5.74, 6) is 0.103. The Morgan fingerprint density at radius 1 is 1.20 bits per heavy atom. The molecule has 8 heteroatoms. The molecular weight excluding hydrogens is 425 g/mol. The van der Waals surface area contributed by atoms with E-state index in [9.17, 15) is 9.18 Å². The smallest absolute Gasteiger partial charge is 0.251 e. The first-order chi connectivity index (χ1) is 14.5. The number of hydrogen-bond donors (Lipinski definition) is 2. The molecule has 3 aromatic rings. The number of amides is 1. The largest absolute Gasteiger partial charge is 0.404 e. The normalized spacial score (nSPS) is 15.0. The van der Waals surface area contributed by atoms with Gasteiger partial charge in [-0.25, -0.2) is 8.80 Å². The molecule has 1 aliphatic rings. The van der Waals surface area contributed by atoms with E-state index in [2.05, 4.69) is 10.7 Å². The SMILES string of the molecule is Cc1cc(F)ccc1CNC(=O)c1ccc(OSN2NC(Cl)c3ccccc32)cc1. The number of aryl methyl sites for hydroxylation is 1. The van der Waals surface area contributed by atoms with Crippen LogP contribution in [0.25, 0.3) is 0 Å². The van der Waals surface area contributed by atoms with Crippen molar-refractivity contribution in [1.29, 1.82) is 0 Å². The van der Waals surface area contributed by atoms with Crippen LogP contribution >= 0.6 is 23.8 Å². The van der Waals surface area contributed by atoms with Crippen LogP contribution < -0.4 is 19.3 Å². The van der Waals surface area contributed by atoms with Crippen molar-refractivity contribution in [3.05, 3.63) is 94.8 Å². The van der Waals surface area contributed by atoms with E-state index in [4.69, 9.17) is 15.8 Å². The third kappa shape index (κ3) is 4.53. The van der Waals surface area contributed by atoms with Crippen molar-refractivity contribution in [2.24, 2.45) is 0 Å². The molecule has 3 aromatic carbocycles. The van der Waals surface area contributed by atoms with E-state index in [-0.39, 0.29) is 17.2 Å². The number of hydrazine groups is 1. The van der Waals surface area contributed by atoms with Crippen LogP contribution in [0.3, 0.4) is 0 Å².